The van der Waals surface area contributed by atoms with Gasteiger partial charge in [0.1, 0.15) is 0 Å². The van der Waals surface area contributed by atoms with Gasteiger partial charge in [-0.15, -0.1) is 0 Å². The Hall–Kier alpha value is -0.820. The van der Waals surface area contributed by atoms with Crippen molar-refractivity contribution in [3.8, 4) is 0 Å². The molecule has 1 aromatic carbocycles. The van der Waals surface area contributed by atoms with Crippen LogP contribution in [0.3, 0.4) is 0 Å². The van der Waals surface area contributed by atoms with E-state index in [4.69, 9.17) is 5.73 Å². The standard InChI is InChI=1S/C16H27N/c1-4-5-6-10-13-15(17)16(2,3)14-11-8-7-9-12-14/h7-9,11-12,15H,4-6,10,13,17H2,1-3H3. The normalized spacial score (nSPS) is 13.6. The average molecular weight is 233 g/mol. The van der Waals surface area contributed by atoms with Crippen LogP contribution >= 0.6 is 0 Å². The molecule has 1 aromatic rings. The summed E-state index contributed by atoms with van der Waals surface area (Å²) in [7, 11) is 0. The summed E-state index contributed by atoms with van der Waals surface area (Å²) < 4.78 is 0. The molecule has 1 nitrogen and oxygen atoms in total. The summed E-state index contributed by atoms with van der Waals surface area (Å²) in [6.45, 7) is 6.76. The molecule has 0 aliphatic carbocycles. The molecule has 17 heavy (non-hydrogen) atoms. The second kappa shape index (κ2) is 6.80. The predicted octanol–water partition coefficient (Wildman–Crippen LogP) is 4.26. The van der Waals surface area contributed by atoms with Crippen LogP contribution in [0.1, 0.15) is 58.4 Å². The lowest BCUT2D eigenvalue weighted by Crippen LogP contribution is -2.40. The fourth-order valence-electron chi connectivity index (χ4n) is 2.23. The maximum absolute atomic E-state index is 6.37. The van der Waals surface area contributed by atoms with Crippen molar-refractivity contribution in [3.05, 3.63) is 35.9 Å². The Bertz CT molecular complexity index is 303. The number of nitrogens with two attached hydrogens (primary N) is 1. The Morgan fingerprint density at radius 2 is 1.71 bits per heavy atom. The Kier molecular flexibility index (Phi) is 5.70. The highest BCUT2D eigenvalue weighted by Crippen LogP contribution is 2.28. The zero-order chi connectivity index (χ0) is 12.7. The molecule has 0 amide bonds. The van der Waals surface area contributed by atoms with Crippen LogP contribution in [0.4, 0.5) is 0 Å². The lowest BCUT2D eigenvalue weighted by molar-refractivity contribution is 0.376. The van der Waals surface area contributed by atoms with Crippen molar-refractivity contribution in [2.24, 2.45) is 5.73 Å². The third-order valence-electron chi connectivity index (χ3n) is 3.81. The van der Waals surface area contributed by atoms with Crippen LogP contribution in [-0.2, 0) is 5.41 Å². The third kappa shape index (κ3) is 4.16. The Morgan fingerprint density at radius 3 is 2.29 bits per heavy atom. The SMILES string of the molecule is CCCCCCC(N)C(C)(C)c1ccccc1. The zero-order valence-corrected chi connectivity index (χ0v) is 11.6. The van der Waals surface area contributed by atoms with Gasteiger partial charge in [0.25, 0.3) is 0 Å². The van der Waals surface area contributed by atoms with E-state index in [1.807, 2.05) is 0 Å². The van der Waals surface area contributed by atoms with Crippen LogP contribution in [0, 0.1) is 0 Å². The predicted molar refractivity (Wildman–Crippen MR) is 76.2 cm³/mol. The summed E-state index contributed by atoms with van der Waals surface area (Å²) in [4.78, 5) is 0. The molecule has 1 heteroatoms. The molecule has 0 saturated heterocycles. The topological polar surface area (TPSA) is 26.0 Å². The van der Waals surface area contributed by atoms with Crippen LogP contribution < -0.4 is 5.73 Å². The van der Waals surface area contributed by atoms with Gasteiger partial charge in [-0.1, -0.05) is 76.8 Å². The van der Waals surface area contributed by atoms with Gasteiger partial charge >= 0.3 is 0 Å². The minimum Gasteiger partial charge on any atom is -0.327 e. The second-order valence-corrected chi connectivity index (χ2v) is 5.54. The molecule has 0 radical (unpaired) electrons. The van der Waals surface area contributed by atoms with Crippen LogP contribution in [0.25, 0.3) is 0 Å². The Balaban J connectivity index is 2.52. The van der Waals surface area contributed by atoms with Gasteiger partial charge in [0.2, 0.25) is 0 Å². The fourth-order valence-corrected chi connectivity index (χ4v) is 2.23. The van der Waals surface area contributed by atoms with Gasteiger partial charge in [-0.05, 0) is 12.0 Å². The van der Waals surface area contributed by atoms with Crippen molar-refractivity contribution in [3.63, 3.8) is 0 Å². The second-order valence-electron chi connectivity index (χ2n) is 5.54. The van der Waals surface area contributed by atoms with Crippen LogP contribution in [0.2, 0.25) is 0 Å². The summed E-state index contributed by atoms with van der Waals surface area (Å²) in [6, 6.07) is 10.9. The molecular weight excluding hydrogens is 206 g/mol. The number of hydrogen-bond donors (Lipinski definition) is 1. The van der Waals surface area contributed by atoms with E-state index in [2.05, 4.69) is 51.1 Å². The van der Waals surface area contributed by atoms with E-state index in [0.29, 0.717) is 0 Å². The third-order valence-corrected chi connectivity index (χ3v) is 3.81. The molecule has 0 aliphatic heterocycles. The number of hydrogen-bond acceptors (Lipinski definition) is 1. The first kappa shape index (κ1) is 14.2. The molecule has 1 atom stereocenters. The van der Waals surface area contributed by atoms with Gasteiger partial charge in [-0.3, -0.25) is 0 Å². The number of unbranched alkanes of at least 4 members (excludes halogenated alkanes) is 3. The molecule has 0 heterocycles. The van der Waals surface area contributed by atoms with Gasteiger partial charge in [-0.2, -0.15) is 0 Å². The first-order valence-corrected chi connectivity index (χ1v) is 6.90. The first-order chi connectivity index (χ1) is 8.09. The van der Waals surface area contributed by atoms with E-state index in [9.17, 15) is 0 Å². The van der Waals surface area contributed by atoms with Crippen LogP contribution in [-0.4, -0.2) is 6.04 Å². The Labute approximate surface area is 106 Å². The molecule has 2 N–H and O–H groups in total. The first-order valence-electron chi connectivity index (χ1n) is 6.90. The lowest BCUT2D eigenvalue weighted by atomic mass is 9.76. The maximum Gasteiger partial charge on any atom is 0.0131 e. The largest absolute Gasteiger partial charge is 0.327 e. The highest BCUT2D eigenvalue weighted by molar-refractivity contribution is 5.25. The van der Waals surface area contributed by atoms with E-state index >= 15 is 0 Å². The van der Waals surface area contributed by atoms with Crippen molar-refractivity contribution in [1.29, 1.82) is 0 Å². The van der Waals surface area contributed by atoms with Gasteiger partial charge in [-0.25, -0.2) is 0 Å². The maximum atomic E-state index is 6.37. The van der Waals surface area contributed by atoms with Gasteiger partial charge in [0, 0.05) is 11.5 Å². The fraction of sp³-hybridized carbons (Fsp3) is 0.625. The van der Waals surface area contributed by atoms with Crippen molar-refractivity contribution in [2.45, 2.75) is 64.3 Å². The average Bonchev–Trinajstić information content (AvgIpc) is 2.35. The smallest absolute Gasteiger partial charge is 0.0131 e. The van der Waals surface area contributed by atoms with Crippen molar-refractivity contribution >= 4 is 0 Å². The highest BCUT2D eigenvalue weighted by Gasteiger charge is 2.27. The molecule has 0 fully saturated rings. The van der Waals surface area contributed by atoms with E-state index in [1.165, 1.54) is 31.2 Å². The Morgan fingerprint density at radius 1 is 1.06 bits per heavy atom. The number of benzene rings is 1. The molecule has 0 aromatic heterocycles. The van der Waals surface area contributed by atoms with E-state index in [0.717, 1.165) is 6.42 Å². The molecule has 0 saturated carbocycles. The van der Waals surface area contributed by atoms with Gasteiger partial charge in [0.05, 0.1) is 0 Å². The van der Waals surface area contributed by atoms with Gasteiger partial charge < -0.3 is 5.73 Å². The van der Waals surface area contributed by atoms with Crippen LogP contribution in [0.5, 0.6) is 0 Å². The number of rotatable bonds is 7. The minimum absolute atomic E-state index is 0.0769. The molecule has 96 valence electrons. The monoisotopic (exact) mass is 233 g/mol. The molecule has 0 spiro atoms. The summed E-state index contributed by atoms with van der Waals surface area (Å²) in [6.07, 6.45) is 6.32. The molecule has 0 bridgehead atoms. The summed E-state index contributed by atoms with van der Waals surface area (Å²) in [5.74, 6) is 0. The van der Waals surface area contributed by atoms with Crippen molar-refractivity contribution in [2.75, 3.05) is 0 Å². The van der Waals surface area contributed by atoms with Crippen molar-refractivity contribution in [1.82, 2.24) is 0 Å². The summed E-state index contributed by atoms with van der Waals surface area (Å²) in [5, 5.41) is 0. The quantitative estimate of drug-likeness (QED) is 0.700. The van der Waals surface area contributed by atoms with E-state index in [1.54, 1.807) is 0 Å². The minimum atomic E-state index is 0.0769. The highest BCUT2D eigenvalue weighted by atomic mass is 14.7. The van der Waals surface area contributed by atoms with Gasteiger partial charge in [0.15, 0.2) is 0 Å². The van der Waals surface area contributed by atoms with Crippen molar-refractivity contribution < 1.29 is 0 Å². The lowest BCUT2D eigenvalue weighted by Gasteiger charge is -2.32. The summed E-state index contributed by atoms with van der Waals surface area (Å²) in [5.41, 5.74) is 7.79. The summed E-state index contributed by atoms with van der Waals surface area (Å²) >= 11 is 0. The van der Waals surface area contributed by atoms with Crippen LogP contribution in [0.15, 0.2) is 30.3 Å². The molecule has 0 aliphatic rings. The van der Waals surface area contributed by atoms with E-state index < -0.39 is 0 Å². The zero-order valence-electron chi connectivity index (χ0n) is 11.6. The molecule has 1 unspecified atom stereocenters. The molecular formula is C16H27N. The van der Waals surface area contributed by atoms with E-state index in [-0.39, 0.29) is 11.5 Å². The molecule has 1 rings (SSSR count).